The lowest BCUT2D eigenvalue weighted by molar-refractivity contribution is -0.121. The summed E-state index contributed by atoms with van der Waals surface area (Å²) in [6.07, 6.45) is 0.334. The molecule has 2 unspecified atom stereocenters. The summed E-state index contributed by atoms with van der Waals surface area (Å²) in [7, 11) is 0. The van der Waals surface area contributed by atoms with E-state index in [-0.39, 0.29) is 18.1 Å². The summed E-state index contributed by atoms with van der Waals surface area (Å²) in [6, 6.07) is 5.54. The van der Waals surface area contributed by atoms with E-state index in [1.54, 1.807) is 6.07 Å². The molecule has 2 atom stereocenters. The predicted octanol–water partition coefficient (Wildman–Crippen LogP) is 2.70. The van der Waals surface area contributed by atoms with E-state index in [0.717, 1.165) is 24.3 Å². The number of hydrogen-bond donors (Lipinski definition) is 1. The maximum absolute atomic E-state index is 12.1. The highest BCUT2D eigenvalue weighted by atomic mass is 35.5. The molecule has 1 N–H and O–H groups in total. The molecule has 1 aromatic carbocycles. The summed E-state index contributed by atoms with van der Waals surface area (Å²) >= 11 is 6.05. The van der Waals surface area contributed by atoms with Gasteiger partial charge in [0.15, 0.2) is 0 Å². The van der Waals surface area contributed by atoms with Crippen LogP contribution < -0.4 is 5.32 Å². The highest BCUT2D eigenvalue weighted by Gasteiger charge is 2.23. The van der Waals surface area contributed by atoms with Crippen LogP contribution in [0.3, 0.4) is 0 Å². The number of morpholine rings is 1. The molecule has 1 fully saturated rings. The third kappa shape index (κ3) is 4.20. The summed E-state index contributed by atoms with van der Waals surface area (Å²) < 4.78 is 5.65. The van der Waals surface area contributed by atoms with Crippen LogP contribution in [-0.4, -0.2) is 42.6 Å². The van der Waals surface area contributed by atoms with Gasteiger partial charge in [-0.1, -0.05) is 17.7 Å². The van der Waals surface area contributed by atoms with Crippen molar-refractivity contribution in [2.24, 2.45) is 0 Å². The Morgan fingerprint density at radius 3 is 2.65 bits per heavy atom. The first-order valence-electron chi connectivity index (χ1n) is 6.88. The van der Waals surface area contributed by atoms with E-state index in [9.17, 15) is 4.79 Å². The van der Waals surface area contributed by atoms with Crippen LogP contribution in [0.1, 0.15) is 19.4 Å². The molecule has 0 aromatic heterocycles. The van der Waals surface area contributed by atoms with Gasteiger partial charge in [-0.25, -0.2) is 0 Å². The molecule has 0 bridgehead atoms. The van der Waals surface area contributed by atoms with Gasteiger partial charge in [-0.2, -0.15) is 0 Å². The van der Waals surface area contributed by atoms with Gasteiger partial charge in [0, 0.05) is 23.8 Å². The standard InChI is InChI=1S/C15H21ClN2O2/c1-10-4-5-13(6-14(10)16)17-15(19)9-18-7-11(2)20-12(3)8-18/h4-6,11-12H,7-9H2,1-3H3,(H,17,19). The molecular formula is C15H21ClN2O2. The second kappa shape index (κ2) is 6.57. The first-order valence-corrected chi connectivity index (χ1v) is 7.25. The van der Waals surface area contributed by atoms with Crippen LogP contribution in [0.15, 0.2) is 18.2 Å². The smallest absolute Gasteiger partial charge is 0.238 e. The van der Waals surface area contributed by atoms with Gasteiger partial charge in [0.1, 0.15) is 0 Å². The largest absolute Gasteiger partial charge is 0.373 e. The molecular weight excluding hydrogens is 276 g/mol. The Balaban J connectivity index is 1.90. The molecule has 2 rings (SSSR count). The van der Waals surface area contributed by atoms with Gasteiger partial charge in [-0.05, 0) is 38.5 Å². The van der Waals surface area contributed by atoms with Crippen LogP contribution in [0.2, 0.25) is 5.02 Å². The molecule has 1 amide bonds. The molecule has 0 spiro atoms. The van der Waals surface area contributed by atoms with Crippen molar-refractivity contribution in [1.29, 1.82) is 0 Å². The van der Waals surface area contributed by atoms with Crippen LogP contribution in [0, 0.1) is 6.92 Å². The number of aryl methyl sites for hydroxylation is 1. The number of nitrogens with one attached hydrogen (secondary N) is 1. The maximum atomic E-state index is 12.1. The fourth-order valence-electron chi connectivity index (χ4n) is 2.49. The Bertz CT molecular complexity index is 483. The number of ether oxygens (including phenoxy) is 1. The third-order valence-corrected chi connectivity index (χ3v) is 3.73. The van der Waals surface area contributed by atoms with Gasteiger partial charge in [-0.15, -0.1) is 0 Å². The summed E-state index contributed by atoms with van der Waals surface area (Å²) in [5.41, 5.74) is 1.74. The van der Waals surface area contributed by atoms with E-state index in [1.165, 1.54) is 0 Å². The topological polar surface area (TPSA) is 41.6 Å². The van der Waals surface area contributed by atoms with Crippen LogP contribution >= 0.6 is 11.6 Å². The quantitative estimate of drug-likeness (QED) is 0.932. The van der Waals surface area contributed by atoms with Gasteiger partial charge >= 0.3 is 0 Å². The Morgan fingerprint density at radius 1 is 1.40 bits per heavy atom. The predicted molar refractivity (Wildman–Crippen MR) is 81.3 cm³/mol. The lowest BCUT2D eigenvalue weighted by atomic mass is 10.2. The molecule has 1 aromatic rings. The molecule has 1 aliphatic rings. The van der Waals surface area contributed by atoms with Crippen molar-refractivity contribution in [3.8, 4) is 0 Å². The molecule has 4 nitrogen and oxygen atoms in total. The number of halogens is 1. The molecule has 20 heavy (non-hydrogen) atoms. The number of amides is 1. The molecule has 0 saturated carbocycles. The van der Waals surface area contributed by atoms with Crippen molar-refractivity contribution >= 4 is 23.2 Å². The fraction of sp³-hybridized carbons (Fsp3) is 0.533. The Labute approximate surface area is 125 Å². The minimum atomic E-state index is -0.0220. The number of carbonyl (C=O) groups excluding carboxylic acids is 1. The van der Waals surface area contributed by atoms with Gasteiger partial charge in [-0.3, -0.25) is 9.69 Å². The van der Waals surface area contributed by atoms with E-state index >= 15 is 0 Å². The van der Waals surface area contributed by atoms with Crippen LogP contribution in [-0.2, 0) is 9.53 Å². The zero-order valence-corrected chi connectivity index (χ0v) is 12.9. The highest BCUT2D eigenvalue weighted by molar-refractivity contribution is 6.31. The number of rotatable bonds is 3. The molecule has 0 radical (unpaired) electrons. The average Bonchev–Trinajstić information content (AvgIpc) is 2.32. The molecule has 1 aliphatic heterocycles. The van der Waals surface area contributed by atoms with Crippen molar-refractivity contribution in [2.45, 2.75) is 33.0 Å². The SMILES string of the molecule is Cc1ccc(NC(=O)CN2CC(C)OC(C)C2)cc1Cl. The third-order valence-electron chi connectivity index (χ3n) is 3.32. The molecule has 110 valence electrons. The molecule has 1 saturated heterocycles. The number of nitrogens with zero attached hydrogens (tertiary/aromatic N) is 1. The fourth-order valence-corrected chi connectivity index (χ4v) is 2.67. The Morgan fingerprint density at radius 2 is 2.05 bits per heavy atom. The Hall–Kier alpha value is -1.10. The number of benzene rings is 1. The molecule has 0 aliphatic carbocycles. The second-order valence-electron chi connectivity index (χ2n) is 5.46. The number of anilines is 1. The monoisotopic (exact) mass is 296 g/mol. The van der Waals surface area contributed by atoms with E-state index in [1.807, 2.05) is 32.9 Å². The first-order chi connectivity index (χ1) is 9.44. The van der Waals surface area contributed by atoms with E-state index in [2.05, 4.69) is 10.2 Å². The van der Waals surface area contributed by atoms with E-state index in [0.29, 0.717) is 11.6 Å². The lowest BCUT2D eigenvalue weighted by Crippen LogP contribution is -2.48. The van der Waals surface area contributed by atoms with Crippen molar-refractivity contribution < 1.29 is 9.53 Å². The minimum absolute atomic E-state index is 0.0220. The van der Waals surface area contributed by atoms with Gasteiger partial charge < -0.3 is 10.1 Å². The highest BCUT2D eigenvalue weighted by Crippen LogP contribution is 2.20. The van der Waals surface area contributed by atoms with Crippen molar-refractivity contribution in [3.05, 3.63) is 28.8 Å². The van der Waals surface area contributed by atoms with E-state index < -0.39 is 0 Å². The summed E-state index contributed by atoms with van der Waals surface area (Å²) in [4.78, 5) is 14.2. The Kier molecular flexibility index (Phi) is 5.02. The molecule has 5 heteroatoms. The lowest BCUT2D eigenvalue weighted by Gasteiger charge is -2.34. The average molecular weight is 297 g/mol. The minimum Gasteiger partial charge on any atom is -0.373 e. The molecule has 1 heterocycles. The van der Waals surface area contributed by atoms with Gasteiger partial charge in [0.05, 0.1) is 18.8 Å². The summed E-state index contributed by atoms with van der Waals surface area (Å²) in [5.74, 6) is -0.0220. The van der Waals surface area contributed by atoms with Gasteiger partial charge in [0.25, 0.3) is 0 Å². The zero-order valence-electron chi connectivity index (χ0n) is 12.1. The first kappa shape index (κ1) is 15.3. The number of hydrogen-bond acceptors (Lipinski definition) is 3. The van der Waals surface area contributed by atoms with Gasteiger partial charge in [0.2, 0.25) is 5.91 Å². The normalized spacial score (nSPS) is 23.6. The summed E-state index contributed by atoms with van der Waals surface area (Å²) in [6.45, 7) is 7.94. The van der Waals surface area contributed by atoms with Crippen LogP contribution in [0.5, 0.6) is 0 Å². The number of carbonyl (C=O) groups is 1. The second-order valence-corrected chi connectivity index (χ2v) is 5.87. The van der Waals surface area contributed by atoms with Crippen molar-refractivity contribution in [2.75, 3.05) is 25.0 Å². The zero-order chi connectivity index (χ0) is 14.7. The van der Waals surface area contributed by atoms with Crippen LogP contribution in [0.25, 0.3) is 0 Å². The summed E-state index contributed by atoms with van der Waals surface area (Å²) in [5, 5.41) is 3.54. The van der Waals surface area contributed by atoms with E-state index in [4.69, 9.17) is 16.3 Å². The van der Waals surface area contributed by atoms with Crippen LogP contribution in [0.4, 0.5) is 5.69 Å². The van der Waals surface area contributed by atoms with Crippen molar-refractivity contribution in [3.63, 3.8) is 0 Å². The van der Waals surface area contributed by atoms with Crippen molar-refractivity contribution in [1.82, 2.24) is 4.90 Å². The maximum Gasteiger partial charge on any atom is 0.238 e.